The third-order valence-corrected chi connectivity index (χ3v) is 3.41. The van der Waals surface area contributed by atoms with Crippen LogP contribution in [-0.2, 0) is 4.74 Å². The van der Waals surface area contributed by atoms with Crippen LogP contribution in [0.15, 0.2) is 18.3 Å². The molecule has 1 saturated heterocycles. The Labute approximate surface area is 124 Å². The van der Waals surface area contributed by atoms with E-state index in [1.807, 2.05) is 6.07 Å². The number of nitriles is 1. The molecule has 0 radical (unpaired) electrons. The summed E-state index contributed by atoms with van der Waals surface area (Å²) in [5.41, 5.74) is 0.535. The highest BCUT2D eigenvalue weighted by Crippen LogP contribution is 2.15. The molecule has 1 atom stereocenters. The van der Waals surface area contributed by atoms with E-state index < -0.39 is 0 Å². The molecule has 0 unspecified atom stereocenters. The van der Waals surface area contributed by atoms with Gasteiger partial charge in [0.25, 0.3) is 0 Å². The molecule has 1 aromatic heterocycles. The van der Waals surface area contributed by atoms with Crippen molar-refractivity contribution < 1.29 is 9.53 Å². The van der Waals surface area contributed by atoms with E-state index in [4.69, 9.17) is 10.00 Å². The van der Waals surface area contributed by atoms with Crippen molar-refractivity contribution in [2.75, 3.05) is 25.0 Å². The quantitative estimate of drug-likeness (QED) is 0.842. The normalized spacial score (nSPS) is 17.3. The smallest absolute Gasteiger partial charge is 0.409 e. The van der Waals surface area contributed by atoms with Gasteiger partial charge in [0.05, 0.1) is 12.2 Å². The predicted molar refractivity (Wildman–Crippen MR) is 78.8 cm³/mol. The number of nitrogens with one attached hydrogen (secondary N) is 1. The van der Waals surface area contributed by atoms with Gasteiger partial charge in [-0.1, -0.05) is 13.3 Å². The zero-order chi connectivity index (χ0) is 15.1. The summed E-state index contributed by atoms with van der Waals surface area (Å²) in [5.74, 6) is 0.722. The van der Waals surface area contributed by atoms with Crippen LogP contribution >= 0.6 is 0 Å². The van der Waals surface area contributed by atoms with Crippen molar-refractivity contribution in [3.8, 4) is 6.07 Å². The van der Waals surface area contributed by atoms with Crippen LogP contribution in [0.4, 0.5) is 10.6 Å². The molecule has 1 N–H and O–H groups in total. The Morgan fingerprint density at radius 3 is 3.14 bits per heavy atom. The van der Waals surface area contributed by atoms with Crippen molar-refractivity contribution in [2.45, 2.75) is 32.2 Å². The summed E-state index contributed by atoms with van der Waals surface area (Å²) >= 11 is 0. The minimum absolute atomic E-state index is 0.171. The number of hydrogen-bond donors (Lipinski definition) is 1. The zero-order valence-electron chi connectivity index (χ0n) is 12.2. The molecule has 1 fully saturated rings. The van der Waals surface area contributed by atoms with Gasteiger partial charge < -0.3 is 15.0 Å². The maximum absolute atomic E-state index is 11.8. The van der Waals surface area contributed by atoms with Crippen LogP contribution in [0.5, 0.6) is 0 Å². The number of anilines is 1. The number of unbranched alkanes of at least 4 members (excludes halogenated alkanes) is 1. The second kappa shape index (κ2) is 7.48. The fraction of sp³-hybridized carbons (Fsp3) is 0.533. The standard InChI is InChI=1S/C15H20N4O2/c1-2-3-8-21-15(20)19-7-6-13(11-19)18-14-5-4-12(9-16)10-17-14/h4-5,10,13H,2-3,6-8,11H2,1H3,(H,17,18)/t13-/m0/s1. The number of rotatable bonds is 5. The first-order valence-electron chi connectivity index (χ1n) is 7.27. The third kappa shape index (κ3) is 4.35. The van der Waals surface area contributed by atoms with Crippen molar-refractivity contribution >= 4 is 11.9 Å². The van der Waals surface area contributed by atoms with E-state index in [-0.39, 0.29) is 12.1 Å². The SMILES string of the molecule is CCCCOC(=O)N1CC[C@H](Nc2ccc(C#N)cn2)C1. The monoisotopic (exact) mass is 288 g/mol. The number of nitrogens with zero attached hydrogens (tertiary/aromatic N) is 3. The van der Waals surface area contributed by atoms with Gasteiger partial charge in [-0.25, -0.2) is 9.78 Å². The van der Waals surface area contributed by atoms with Gasteiger partial charge in [-0.2, -0.15) is 5.26 Å². The molecule has 112 valence electrons. The van der Waals surface area contributed by atoms with E-state index in [9.17, 15) is 4.79 Å². The minimum Gasteiger partial charge on any atom is -0.449 e. The highest BCUT2D eigenvalue weighted by molar-refractivity contribution is 5.68. The van der Waals surface area contributed by atoms with Gasteiger partial charge in [0.15, 0.2) is 0 Å². The molecule has 21 heavy (non-hydrogen) atoms. The Morgan fingerprint density at radius 2 is 2.48 bits per heavy atom. The maximum atomic E-state index is 11.8. The molecule has 6 nitrogen and oxygen atoms in total. The minimum atomic E-state index is -0.236. The van der Waals surface area contributed by atoms with Crippen LogP contribution in [0.1, 0.15) is 31.7 Å². The molecule has 1 aliphatic heterocycles. The number of carbonyl (C=O) groups is 1. The van der Waals surface area contributed by atoms with E-state index in [2.05, 4.69) is 17.2 Å². The van der Waals surface area contributed by atoms with Gasteiger partial charge >= 0.3 is 6.09 Å². The topological polar surface area (TPSA) is 78.2 Å². The number of likely N-dealkylation sites (tertiary alicyclic amines) is 1. The Balaban J connectivity index is 1.79. The summed E-state index contributed by atoms with van der Waals surface area (Å²) in [5, 5.41) is 12.0. The lowest BCUT2D eigenvalue weighted by molar-refractivity contribution is 0.109. The number of carbonyl (C=O) groups excluding carboxylic acids is 1. The summed E-state index contributed by atoms with van der Waals surface area (Å²) in [6.45, 7) is 3.86. The largest absolute Gasteiger partial charge is 0.449 e. The predicted octanol–water partition coefficient (Wildman–Crippen LogP) is 2.38. The summed E-state index contributed by atoms with van der Waals surface area (Å²) in [4.78, 5) is 17.7. The van der Waals surface area contributed by atoms with Gasteiger partial charge in [0, 0.05) is 25.3 Å². The molecule has 1 amide bonds. The molecule has 6 heteroatoms. The molecule has 2 heterocycles. The van der Waals surface area contributed by atoms with Crippen molar-refractivity contribution in [1.29, 1.82) is 5.26 Å². The van der Waals surface area contributed by atoms with Crippen LogP contribution < -0.4 is 5.32 Å². The molecule has 0 aromatic carbocycles. The average molecular weight is 288 g/mol. The summed E-state index contributed by atoms with van der Waals surface area (Å²) in [6.07, 6.45) is 4.08. The Hall–Kier alpha value is -2.29. The van der Waals surface area contributed by atoms with E-state index in [0.29, 0.717) is 25.3 Å². The molecular formula is C15H20N4O2. The van der Waals surface area contributed by atoms with E-state index >= 15 is 0 Å². The number of pyridine rings is 1. The van der Waals surface area contributed by atoms with E-state index in [0.717, 1.165) is 25.1 Å². The average Bonchev–Trinajstić information content (AvgIpc) is 2.97. The highest BCUT2D eigenvalue weighted by Gasteiger charge is 2.27. The molecular weight excluding hydrogens is 268 g/mol. The molecule has 0 spiro atoms. The second-order valence-corrected chi connectivity index (χ2v) is 5.09. The van der Waals surface area contributed by atoms with Gasteiger partial charge in [-0.3, -0.25) is 0 Å². The van der Waals surface area contributed by atoms with E-state index in [1.165, 1.54) is 6.20 Å². The van der Waals surface area contributed by atoms with Crippen LogP contribution in [0.25, 0.3) is 0 Å². The molecule has 1 aliphatic rings. The summed E-state index contributed by atoms with van der Waals surface area (Å²) in [7, 11) is 0. The number of ether oxygens (including phenoxy) is 1. The van der Waals surface area contributed by atoms with Crippen LogP contribution in [0, 0.1) is 11.3 Å². The molecule has 0 saturated carbocycles. The van der Waals surface area contributed by atoms with E-state index in [1.54, 1.807) is 17.0 Å². The fourth-order valence-corrected chi connectivity index (χ4v) is 2.19. The number of amides is 1. The van der Waals surface area contributed by atoms with Crippen LogP contribution in [-0.4, -0.2) is 41.7 Å². The van der Waals surface area contributed by atoms with Crippen molar-refractivity contribution in [3.05, 3.63) is 23.9 Å². The molecule has 2 rings (SSSR count). The van der Waals surface area contributed by atoms with Crippen molar-refractivity contribution in [3.63, 3.8) is 0 Å². The van der Waals surface area contributed by atoms with Crippen LogP contribution in [0.3, 0.4) is 0 Å². The first-order chi connectivity index (χ1) is 10.2. The van der Waals surface area contributed by atoms with Gasteiger partial charge in [-0.15, -0.1) is 0 Å². The maximum Gasteiger partial charge on any atom is 0.409 e. The van der Waals surface area contributed by atoms with Gasteiger partial charge in [0.2, 0.25) is 0 Å². The Morgan fingerprint density at radius 1 is 1.62 bits per heavy atom. The molecule has 1 aromatic rings. The first-order valence-corrected chi connectivity index (χ1v) is 7.27. The van der Waals surface area contributed by atoms with Crippen molar-refractivity contribution in [1.82, 2.24) is 9.88 Å². The van der Waals surface area contributed by atoms with Gasteiger partial charge in [-0.05, 0) is 25.0 Å². The summed E-state index contributed by atoms with van der Waals surface area (Å²) in [6, 6.07) is 5.71. The fourth-order valence-electron chi connectivity index (χ4n) is 2.19. The van der Waals surface area contributed by atoms with Crippen LogP contribution in [0.2, 0.25) is 0 Å². The first kappa shape index (κ1) is 15.1. The molecule has 0 bridgehead atoms. The van der Waals surface area contributed by atoms with Gasteiger partial charge in [0.1, 0.15) is 11.9 Å². The zero-order valence-corrected chi connectivity index (χ0v) is 12.2. The number of hydrogen-bond acceptors (Lipinski definition) is 5. The Bertz CT molecular complexity index is 509. The molecule has 0 aliphatic carbocycles. The number of aromatic nitrogens is 1. The Kier molecular flexibility index (Phi) is 5.38. The highest BCUT2D eigenvalue weighted by atomic mass is 16.6. The summed E-state index contributed by atoms with van der Waals surface area (Å²) < 4.78 is 5.20. The third-order valence-electron chi connectivity index (χ3n) is 3.41. The lowest BCUT2D eigenvalue weighted by Gasteiger charge is -2.17. The van der Waals surface area contributed by atoms with Crippen molar-refractivity contribution in [2.24, 2.45) is 0 Å². The second-order valence-electron chi connectivity index (χ2n) is 5.09. The lowest BCUT2D eigenvalue weighted by atomic mass is 10.2. The lowest BCUT2D eigenvalue weighted by Crippen LogP contribution is -2.32.